The van der Waals surface area contributed by atoms with Crippen LogP contribution in [0.3, 0.4) is 0 Å². The zero-order valence-electron chi connectivity index (χ0n) is 17.5. The lowest BCUT2D eigenvalue weighted by atomic mass is 10.1. The summed E-state index contributed by atoms with van der Waals surface area (Å²) in [6.45, 7) is 0.737. The van der Waals surface area contributed by atoms with E-state index in [2.05, 4.69) is 5.32 Å². The molecule has 2 aromatic carbocycles. The van der Waals surface area contributed by atoms with Crippen LogP contribution in [0.4, 0.5) is 5.69 Å². The van der Waals surface area contributed by atoms with Gasteiger partial charge in [-0.15, -0.1) is 0 Å². The van der Waals surface area contributed by atoms with Crippen molar-refractivity contribution >= 4 is 32.4 Å². The summed E-state index contributed by atoms with van der Waals surface area (Å²) in [6, 6.07) is 11.1. The first kappa shape index (κ1) is 22.2. The second kappa shape index (κ2) is 8.68. The van der Waals surface area contributed by atoms with Gasteiger partial charge in [0.05, 0.1) is 27.0 Å². The quantitative estimate of drug-likeness (QED) is 0.694. The number of sulfonamides is 1. The summed E-state index contributed by atoms with van der Waals surface area (Å²) >= 11 is 0. The number of ether oxygens (including phenoxy) is 3. The first-order valence-corrected chi connectivity index (χ1v) is 10.6. The van der Waals surface area contributed by atoms with Crippen molar-refractivity contribution in [2.24, 2.45) is 0 Å². The third-order valence-electron chi connectivity index (χ3n) is 4.76. The summed E-state index contributed by atoms with van der Waals surface area (Å²) in [7, 11) is 0.185. The van der Waals surface area contributed by atoms with Gasteiger partial charge >= 0.3 is 0 Å². The van der Waals surface area contributed by atoms with Crippen molar-refractivity contribution in [2.45, 2.75) is 6.92 Å². The minimum atomic E-state index is -4.21. The summed E-state index contributed by atoms with van der Waals surface area (Å²) in [4.78, 5) is 25.1. The SMILES string of the molecule is COc1ccc(C2=C(C)C(=O)N(CC(=O)Nc3cc(OC)ccc3OC)S2(=O)=O)cc1. The third kappa shape index (κ3) is 4.19. The van der Waals surface area contributed by atoms with Gasteiger partial charge in [0, 0.05) is 11.6 Å². The van der Waals surface area contributed by atoms with E-state index in [0.717, 1.165) is 0 Å². The van der Waals surface area contributed by atoms with Gasteiger partial charge in [-0.2, -0.15) is 0 Å². The predicted molar refractivity (Wildman–Crippen MR) is 114 cm³/mol. The number of hydrogen-bond donors (Lipinski definition) is 1. The van der Waals surface area contributed by atoms with E-state index in [1.54, 1.807) is 36.4 Å². The Morgan fingerprint density at radius 1 is 0.968 bits per heavy atom. The van der Waals surface area contributed by atoms with Crippen molar-refractivity contribution < 1.29 is 32.2 Å². The monoisotopic (exact) mass is 446 g/mol. The van der Waals surface area contributed by atoms with E-state index in [1.807, 2.05) is 0 Å². The fourth-order valence-corrected chi connectivity index (χ4v) is 4.96. The van der Waals surface area contributed by atoms with E-state index in [4.69, 9.17) is 14.2 Å². The Bertz CT molecular complexity index is 1150. The number of amides is 2. The molecule has 9 nitrogen and oxygen atoms in total. The first-order valence-electron chi connectivity index (χ1n) is 9.17. The Kier molecular flexibility index (Phi) is 6.21. The Hall–Kier alpha value is -3.53. The molecule has 1 aliphatic heterocycles. The third-order valence-corrected chi connectivity index (χ3v) is 6.69. The molecule has 0 saturated carbocycles. The van der Waals surface area contributed by atoms with E-state index in [9.17, 15) is 18.0 Å². The second-order valence-corrected chi connectivity index (χ2v) is 8.41. The molecule has 1 heterocycles. The number of hydrogen-bond acceptors (Lipinski definition) is 7. The number of anilines is 1. The van der Waals surface area contributed by atoms with Gasteiger partial charge in [-0.3, -0.25) is 9.59 Å². The number of carbonyl (C=O) groups is 2. The molecule has 31 heavy (non-hydrogen) atoms. The molecule has 164 valence electrons. The number of carbonyl (C=O) groups excluding carboxylic acids is 2. The van der Waals surface area contributed by atoms with E-state index in [-0.39, 0.29) is 16.2 Å². The normalized spacial score (nSPS) is 15.1. The van der Waals surface area contributed by atoms with Crippen molar-refractivity contribution in [1.29, 1.82) is 0 Å². The van der Waals surface area contributed by atoms with Gasteiger partial charge < -0.3 is 19.5 Å². The van der Waals surface area contributed by atoms with Gasteiger partial charge in [0.2, 0.25) is 5.91 Å². The number of benzene rings is 2. The van der Waals surface area contributed by atoms with Gasteiger partial charge in [0.1, 0.15) is 28.7 Å². The molecule has 0 unspecified atom stereocenters. The zero-order valence-corrected chi connectivity index (χ0v) is 18.3. The highest BCUT2D eigenvalue weighted by Crippen LogP contribution is 2.36. The number of methoxy groups -OCH3 is 3. The lowest BCUT2D eigenvalue weighted by Crippen LogP contribution is -2.38. The van der Waals surface area contributed by atoms with Crippen LogP contribution in [0.25, 0.3) is 4.91 Å². The van der Waals surface area contributed by atoms with Crippen molar-refractivity contribution in [3.8, 4) is 17.2 Å². The molecule has 0 spiro atoms. The van der Waals surface area contributed by atoms with E-state index in [1.165, 1.54) is 34.3 Å². The summed E-state index contributed by atoms with van der Waals surface area (Å²) in [5, 5.41) is 2.57. The fraction of sp³-hybridized carbons (Fsp3) is 0.238. The molecule has 0 atom stereocenters. The molecule has 3 rings (SSSR count). The number of nitrogens with zero attached hydrogens (tertiary/aromatic N) is 1. The van der Waals surface area contributed by atoms with Crippen molar-refractivity contribution in [3.63, 3.8) is 0 Å². The summed E-state index contributed by atoms with van der Waals surface area (Å²) < 4.78 is 42.1. The van der Waals surface area contributed by atoms with Crippen molar-refractivity contribution in [2.75, 3.05) is 33.2 Å². The van der Waals surface area contributed by atoms with Gasteiger partial charge in [-0.1, -0.05) is 0 Å². The molecule has 0 fully saturated rings. The molecule has 10 heteroatoms. The standard InChI is InChI=1S/C21H22N2O7S/c1-13-20(14-5-7-15(28-2)8-6-14)31(26,27)23(21(13)25)12-19(24)22-17-11-16(29-3)9-10-18(17)30-4/h5-11H,12H2,1-4H3,(H,22,24). The van der Waals surface area contributed by atoms with Gasteiger partial charge in [-0.25, -0.2) is 12.7 Å². The lowest BCUT2D eigenvalue weighted by Gasteiger charge is -2.17. The van der Waals surface area contributed by atoms with E-state index in [0.29, 0.717) is 27.1 Å². The molecule has 0 aliphatic carbocycles. The Labute approximate surface area is 180 Å². The average molecular weight is 446 g/mol. The maximum atomic E-state index is 13.1. The highest BCUT2D eigenvalue weighted by molar-refractivity contribution is 7.99. The van der Waals surface area contributed by atoms with E-state index < -0.39 is 28.4 Å². The highest BCUT2D eigenvalue weighted by atomic mass is 32.2. The van der Waals surface area contributed by atoms with Crippen LogP contribution in [-0.2, 0) is 19.6 Å². The van der Waals surface area contributed by atoms with Crippen LogP contribution in [0.1, 0.15) is 12.5 Å². The summed E-state index contributed by atoms with van der Waals surface area (Å²) in [6.07, 6.45) is 0. The summed E-state index contributed by atoms with van der Waals surface area (Å²) in [5.74, 6) is -0.0729. The van der Waals surface area contributed by atoms with Gasteiger partial charge in [-0.05, 0) is 48.9 Å². The number of rotatable bonds is 7. The second-order valence-electron chi connectivity index (χ2n) is 6.61. The maximum absolute atomic E-state index is 13.1. The molecule has 2 aromatic rings. The Balaban J connectivity index is 1.84. The maximum Gasteiger partial charge on any atom is 0.268 e. The van der Waals surface area contributed by atoms with Crippen LogP contribution >= 0.6 is 0 Å². The van der Waals surface area contributed by atoms with E-state index >= 15 is 0 Å². The molecule has 2 amide bonds. The predicted octanol–water partition coefficient (Wildman–Crippen LogP) is 2.25. The molecule has 0 saturated heterocycles. The molecule has 0 bridgehead atoms. The largest absolute Gasteiger partial charge is 0.497 e. The fourth-order valence-electron chi connectivity index (χ4n) is 3.19. The minimum absolute atomic E-state index is 0.0388. The van der Waals surface area contributed by atoms with Crippen molar-refractivity contribution in [3.05, 3.63) is 53.6 Å². The first-order chi connectivity index (χ1) is 14.7. The molecule has 0 aromatic heterocycles. The van der Waals surface area contributed by atoms with Crippen LogP contribution in [-0.4, -0.2) is 52.4 Å². The average Bonchev–Trinajstić information content (AvgIpc) is 2.92. The topological polar surface area (TPSA) is 111 Å². The smallest absolute Gasteiger partial charge is 0.268 e. The van der Waals surface area contributed by atoms with Crippen LogP contribution < -0.4 is 19.5 Å². The van der Waals surface area contributed by atoms with Gasteiger partial charge in [0.25, 0.3) is 15.9 Å². The molecule has 0 radical (unpaired) electrons. The Morgan fingerprint density at radius 3 is 2.16 bits per heavy atom. The minimum Gasteiger partial charge on any atom is -0.497 e. The summed E-state index contributed by atoms with van der Waals surface area (Å²) in [5.41, 5.74) is 0.664. The lowest BCUT2D eigenvalue weighted by molar-refractivity contribution is -0.126. The van der Waals surface area contributed by atoms with Crippen LogP contribution in [0.5, 0.6) is 17.2 Å². The zero-order chi connectivity index (χ0) is 22.8. The Morgan fingerprint density at radius 2 is 1.58 bits per heavy atom. The number of nitrogens with one attached hydrogen (secondary N) is 1. The molecule has 1 aliphatic rings. The van der Waals surface area contributed by atoms with Crippen LogP contribution in [0.2, 0.25) is 0 Å². The van der Waals surface area contributed by atoms with Crippen LogP contribution in [0.15, 0.2) is 48.0 Å². The van der Waals surface area contributed by atoms with Crippen LogP contribution in [0, 0.1) is 0 Å². The van der Waals surface area contributed by atoms with Gasteiger partial charge in [0.15, 0.2) is 0 Å². The highest BCUT2D eigenvalue weighted by Gasteiger charge is 2.43. The molecule has 1 N–H and O–H groups in total. The molecular weight excluding hydrogens is 424 g/mol. The molecular formula is C21H22N2O7S. The van der Waals surface area contributed by atoms with Crippen molar-refractivity contribution in [1.82, 2.24) is 4.31 Å².